The van der Waals surface area contributed by atoms with E-state index >= 15 is 0 Å². The van der Waals surface area contributed by atoms with Crippen LogP contribution in [0.1, 0.15) is 58.0 Å². The zero-order valence-corrected chi connectivity index (χ0v) is 10.5. The van der Waals surface area contributed by atoms with Crippen molar-refractivity contribution in [2.75, 3.05) is 6.54 Å². The Morgan fingerprint density at radius 1 is 1.38 bits per heavy atom. The molecule has 90 valence electrons. The fourth-order valence-corrected chi connectivity index (χ4v) is 2.42. The molecule has 0 aliphatic heterocycles. The molecule has 0 spiro atoms. The Kier molecular flexibility index (Phi) is 2.82. The van der Waals surface area contributed by atoms with E-state index in [1.807, 2.05) is 0 Å². The highest BCUT2D eigenvalue weighted by atomic mass is 16.3. The molecular formula is C13H22N2O. The second-order valence-corrected chi connectivity index (χ2v) is 5.98. The molecule has 1 saturated carbocycles. The van der Waals surface area contributed by atoms with E-state index in [-0.39, 0.29) is 10.8 Å². The SMILES string of the molecule is CC(C)(C)c1coc(C2(CN)CCCC2)n1. The van der Waals surface area contributed by atoms with Crippen LogP contribution in [0.25, 0.3) is 0 Å². The van der Waals surface area contributed by atoms with Crippen molar-refractivity contribution in [3.63, 3.8) is 0 Å². The predicted molar refractivity (Wildman–Crippen MR) is 64.4 cm³/mol. The number of hydrogen-bond donors (Lipinski definition) is 1. The molecule has 16 heavy (non-hydrogen) atoms. The van der Waals surface area contributed by atoms with Gasteiger partial charge in [-0.15, -0.1) is 0 Å². The summed E-state index contributed by atoms with van der Waals surface area (Å²) in [6, 6.07) is 0. The summed E-state index contributed by atoms with van der Waals surface area (Å²) in [5, 5.41) is 0. The first kappa shape index (κ1) is 11.6. The standard InChI is InChI=1S/C13H22N2O/c1-12(2,3)10-8-16-11(15-10)13(9-14)6-4-5-7-13/h8H,4-7,9,14H2,1-3H3. The Hall–Kier alpha value is -0.830. The summed E-state index contributed by atoms with van der Waals surface area (Å²) in [7, 11) is 0. The van der Waals surface area contributed by atoms with Crippen LogP contribution in [0.3, 0.4) is 0 Å². The van der Waals surface area contributed by atoms with Crippen LogP contribution in [0.5, 0.6) is 0 Å². The molecule has 0 saturated heterocycles. The van der Waals surface area contributed by atoms with Gasteiger partial charge in [0.05, 0.1) is 11.1 Å². The van der Waals surface area contributed by atoms with Gasteiger partial charge in [0.2, 0.25) is 5.89 Å². The zero-order chi connectivity index (χ0) is 11.8. The third kappa shape index (κ3) is 1.88. The van der Waals surface area contributed by atoms with E-state index in [0.717, 1.165) is 24.4 Å². The van der Waals surface area contributed by atoms with E-state index < -0.39 is 0 Å². The van der Waals surface area contributed by atoms with Gasteiger partial charge in [0.1, 0.15) is 6.26 Å². The summed E-state index contributed by atoms with van der Waals surface area (Å²) in [6.07, 6.45) is 6.51. The molecule has 1 aromatic rings. The highest BCUT2D eigenvalue weighted by molar-refractivity contribution is 5.15. The third-order valence-electron chi connectivity index (χ3n) is 3.68. The van der Waals surface area contributed by atoms with Crippen molar-refractivity contribution in [2.45, 2.75) is 57.3 Å². The summed E-state index contributed by atoms with van der Waals surface area (Å²) in [6.45, 7) is 7.10. The van der Waals surface area contributed by atoms with Gasteiger partial charge in [-0.25, -0.2) is 4.98 Å². The zero-order valence-electron chi connectivity index (χ0n) is 10.5. The smallest absolute Gasteiger partial charge is 0.201 e. The quantitative estimate of drug-likeness (QED) is 0.837. The topological polar surface area (TPSA) is 52.0 Å². The summed E-state index contributed by atoms with van der Waals surface area (Å²) in [4.78, 5) is 4.66. The van der Waals surface area contributed by atoms with Crippen LogP contribution in [-0.4, -0.2) is 11.5 Å². The Labute approximate surface area is 97.4 Å². The van der Waals surface area contributed by atoms with E-state index in [9.17, 15) is 0 Å². The largest absolute Gasteiger partial charge is 0.448 e. The lowest BCUT2D eigenvalue weighted by molar-refractivity contribution is 0.332. The molecule has 1 fully saturated rings. The van der Waals surface area contributed by atoms with Crippen LogP contribution in [-0.2, 0) is 10.8 Å². The van der Waals surface area contributed by atoms with Gasteiger partial charge < -0.3 is 10.2 Å². The average molecular weight is 222 g/mol. The number of aromatic nitrogens is 1. The lowest BCUT2D eigenvalue weighted by Crippen LogP contribution is -2.32. The molecule has 0 radical (unpaired) electrons. The second-order valence-electron chi connectivity index (χ2n) is 5.98. The summed E-state index contributed by atoms with van der Waals surface area (Å²) in [5.41, 5.74) is 7.02. The number of hydrogen-bond acceptors (Lipinski definition) is 3. The fraction of sp³-hybridized carbons (Fsp3) is 0.769. The minimum absolute atomic E-state index is 0.0174. The molecule has 3 heteroatoms. The Morgan fingerprint density at radius 2 is 2.00 bits per heavy atom. The maximum atomic E-state index is 5.92. The van der Waals surface area contributed by atoms with Crippen LogP contribution in [0.4, 0.5) is 0 Å². The van der Waals surface area contributed by atoms with Crippen molar-refractivity contribution >= 4 is 0 Å². The Morgan fingerprint density at radius 3 is 2.44 bits per heavy atom. The van der Waals surface area contributed by atoms with Gasteiger partial charge in [-0.3, -0.25) is 0 Å². The van der Waals surface area contributed by atoms with Crippen LogP contribution >= 0.6 is 0 Å². The van der Waals surface area contributed by atoms with Crippen molar-refractivity contribution in [3.05, 3.63) is 17.8 Å². The lowest BCUT2D eigenvalue weighted by Gasteiger charge is -2.23. The van der Waals surface area contributed by atoms with Crippen molar-refractivity contribution in [1.29, 1.82) is 0 Å². The predicted octanol–water partition coefficient (Wildman–Crippen LogP) is 2.74. The first-order valence-electron chi connectivity index (χ1n) is 6.14. The highest BCUT2D eigenvalue weighted by Crippen LogP contribution is 2.40. The molecular weight excluding hydrogens is 200 g/mol. The average Bonchev–Trinajstić information content (AvgIpc) is 2.86. The van der Waals surface area contributed by atoms with Crippen LogP contribution in [0.15, 0.2) is 10.7 Å². The first-order valence-corrected chi connectivity index (χ1v) is 6.14. The summed E-state index contributed by atoms with van der Waals surface area (Å²) in [5.74, 6) is 0.859. The normalized spacial score (nSPS) is 20.2. The minimum Gasteiger partial charge on any atom is -0.448 e. The van der Waals surface area contributed by atoms with Crippen molar-refractivity contribution < 1.29 is 4.42 Å². The van der Waals surface area contributed by atoms with Gasteiger partial charge in [-0.05, 0) is 12.8 Å². The molecule has 1 aliphatic carbocycles. The third-order valence-corrected chi connectivity index (χ3v) is 3.68. The maximum Gasteiger partial charge on any atom is 0.201 e. The minimum atomic E-state index is 0.0174. The Bertz CT molecular complexity index is 356. The molecule has 0 atom stereocenters. The number of nitrogens with two attached hydrogens (primary N) is 1. The van der Waals surface area contributed by atoms with E-state index in [4.69, 9.17) is 10.2 Å². The van der Waals surface area contributed by atoms with Crippen LogP contribution < -0.4 is 5.73 Å². The number of oxazole rings is 1. The number of nitrogens with zero attached hydrogens (tertiary/aromatic N) is 1. The molecule has 2 rings (SSSR count). The first-order chi connectivity index (χ1) is 7.48. The number of rotatable bonds is 2. The Balaban J connectivity index is 2.30. The molecule has 0 bridgehead atoms. The molecule has 1 heterocycles. The van der Waals surface area contributed by atoms with Gasteiger partial charge in [0, 0.05) is 12.0 Å². The van der Waals surface area contributed by atoms with Crippen molar-refractivity contribution in [2.24, 2.45) is 5.73 Å². The molecule has 1 aliphatic rings. The maximum absolute atomic E-state index is 5.92. The van der Waals surface area contributed by atoms with E-state index in [2.05, 4.69) is 25.8 Å². The van der Waals surface area contributed by atoms with Gasteiger partial charge in [0.15, 0.2) is 0 Å². The fourth-order valence-electron chi connectivity index (χ4n) is 2.42. The van der Waals surface area contributed by atoms with Crippen LogP contribution in [0, 0.1) is 0 Å². The molecule has 0 unspecified atom stereocenters. The van der Waals surface area contributed by atoms with E-state index in [1.165, 1.54) is 12.8 Å². The van der Waals surface area contributed by atoms with Gasteiger partial charge in [-0.1, -0.05) is 33.6 Å². The monoisotopic (exact) mass is 222 g/mol. The molecule has 3 nitrogen and oxygen atoms in total. The molecule has 0 aromatic carbocycles. The van der Waals surface area contributed by atoms with Crippen LogP contribution in [0.2, 0.25) is 0 Å². The second kappa shape index (κ2) is 3.88. The highest BCUT2D eigenvalue weighted by Gasteiger charge is 2.39. The molecule has 1 aromatic heterocycles. The van der Waals surface area contributed by atoms with Gasteiger partial charge >= 0.3 is 0 Å². The summed E-state index contributed by atoms with van der Waals surface area (Å²) >= 11 is 0. The van der Waals surface area contributed by atoms with E-state index in [1.54, 1.807) is 6.26 Å². The van der Waals surface area contributed by atoms with Crippen molar-refractivity contribution in [1.82, 2.24) is 4.98 Å². The molecule has 0 amide bonds. The molecule has 2 N–H and O–H groups in total. The van der Waals surface area contributed by atoms with Crippen molar-refractivity contribution in [3.8, 4) is 0 Å². The van der Waals surface area contributed by atoms with Gasteiger partial charge in [-0.2, -0.15) is 0 Å². The van der Waals surface area contributed by atoms with Gasteiger partial charge in [0.25, 0.3) is 0 Å². The summed E-state index contributed by atoms with van der Waals surface area (Å²) < 4.78 is 5.68. The van der Waals surface area contributed by atoms with E-state index in [0.29, 0.717) is 6.54 Å². The lowest BCUT2D eigenvalue weighted by atomic mass is 9.86.